The number of hydrogen-bond donors (Lipinski definition) is 1. The highest BCUT2D eigenvalue weighted by molar-refractivity contribution is 6.35. The largest absolute Gasteiger partial charge is 0.364 e. The molecule has 0 bridgehead atoms. The highest BCUT2D eigenvalue weighted by atomic mass is 35.5. The van der Waals surface area contributed by atoms with Crippen molar-refractivity contribution in [2.24, 2.45) is 5.73 Å². The molecule has 4 nitrogen and oxygen atoms in total. The molecule has 1 aromatic carbocycles. The normalized spacial score (nSPS) is 10.4. The zero-order chi connectivity index (χ0) is 11.7. The molecule has 0 saturated carbocycles. The van der Waals surface area contributed by atoms with Crippen molar-refractivity contribution < 1.29 is 4.79 Å². The SMILES string of the molecule is NC(=O)c1ccn(-c2ccc(Cl)cc2Cl)n1. The summed E-state index contributed by atoms with van der Waals surface area (Å²) in [6.45, 7) is 0. The molecular weight excluding hydrogens is 249 g/mol. The first kappa shape index (κ1) is 11.0. The second-order valence-electron chi connectivity index (χ2n) is 3.11. The Bertz CT molecular complexity index is 551. The maximum absolute atomic E-state index is 10.9. The maximum Gasteiger partial charge on any atom is 0.269 e. The third-order valence-corrected chi connectivity index (χ3v) is 2.54. The Kier molecular flexibility index (Phi) is 2.85. The predicted octanol–water partition coefficient (Wildman–Crippen LogP) is 2.28. The lowest BCUT2D eigenvalue weighted by molar-refractivity contribution is 0.0995. The van der Waals surface area contributed by atoms with Crippen LogP contribution in [0.5, 0.6) is 0 Å². The summed E-state index contributed by atoms with van der Waals surface area (Å²) in [7, 11) is 0. The summed E-state index contributed by atoms with van der Waals surface area (Å²) in [6.07, 6.45) is 1.61. The molecule has 0 spiro atoms. The van der Waals surface area contributed by atoms with Gasteiger partial charge in [-0.2, -0.15) is 5.10 Å². The Balaban J connectivity index is 2.46. The number of amides is 1. The number of carbonyl (C=O) groups is 1. The average molecular weight is 256 g/mol. The highest BCUT2D eigenvalue weighted by Gasteiger charge is 2.08. The highest BCUT2D eigenvalue weighted by Crippen LogP contribution is 2.23. The third kappa shape index (κ3) is 2.03. The number of nitrogens with two attached hydrogens (primary N) is 1. The van der Waals surface area contributed by atoms with Gasteiger partial charge in [0, 0.05) is 11.2 Å². The fraction of sp³-hybridized carbons (Fsp3) is 0. The monoisotopic (exact) mass is 255 g/mol. The van der Waals surface area contributed by atoms with E-state index in [-0.39, 0.29) is 5.69 Å². The Morgan fingerprint density at radius 2 is 2.06 bits per heavy atom. The van der Waals surface area contributed by atoms with Crippen LogP contribution in [0, 0.1) is 0 Å². The fourth-order valence-electron chi connectivity index (χ4n) is 1.26. The summed E-state index contributed by atoms with van der Waals surface area (Å²) in [4.78, 5) is 10.9. The lowest BCUT2D eigenvalue weighted by Gasteiger charge is -2.03. The standard InChI is InChI=1S/C10H7Cl2N3O/c11-6-1-2-9(7(12)5-6)15-4-3-8(14-15)10(13)16/h1-5H,(H2,13,16). The van der Waals surface area contributed by atoms with Crippen molar-refractivity contribution in [3.05, 3.63) is 46.2 Å². The first-order valence-corrected chi connectivity index (χ1v) is 5.14. The molecule has 6 heteroatoms. The van der Waals surface area contributed by atoms with Crippen LogP contribution in [-0.4, -0.2) is 15.7 Å². The zero-order valence-electron chi connectivity index (χ0n) is 8.02. The quantitative estimate of drug-likeness (QED) is 0.895. The molecule has 2 aromatic rings. The minimum Gasteiger partial charge on any atom is -0.364 e. The maximum atomic E-state index is 10.9. The topological polar surface area (TPSA) is 60.9 Å². The molecule has 1 amide bonds. The number of nitrogens with zero attached hydrogens (tertiary/aromatic N) is 2. The predicted molar refractivity (Wildman–Crippen MR) is 62.1 cm³/mol. The Morgan fingerprint density at radius 1 is 1.31 bits per heavy atom. The molecule has 1 heterocycles. The molecule has 0 saturated heterocycles. The van der Waals surface area contributed by atoms with Crippen LogP contribution in [0.2, 0.25) is 10.0 Å². The van der Waals surface area contributed by atoms with Gasteiger partial charge in [-0.1, -0.05) is 23.2 Å². The van der Waals surface area contributed by atoms with E-state index in [4.69, 9.17) is 28.9 Å². The summed E-state index contributed by atoms with van der Waals surface area (Å²) < 4.78 is 1.47. The Morgan fingerprint density at radius 3 is 2.62 bits per heavy atom. The van der Waals surface area contributed by atoms with Crippen LogP contribution in [-0.2, 0) is 0 Å². The van der Waals surface area contributed by atoms with E-state index in [9.17, 15) is 4.79 Å². The molecule has 0 radical (unpaired) electrons. The summed E-state index contributed by atoms with van der Waals surface area (Å²) in [6, 6.07) is 6.52. The van der Waals surface area contributed by atoms with Gasteiger partial charge < -0.3 is 5.73 Å². The van der Waals surface area contributed by atoms with Crippen LogP contribution in [0.25, 0.3) is 5.69 Å². The van der Waals surface area contributed by atoms with Gasteiger partial charge in [-0.3, -0.25) is 4.79 Å². The van der Waals surface area contributed by atoms with E-state index in [0.717, 1.165) is 0 Å². The smallest absolute Gasteiger partial charge is 0.269 e. The van der Waals surface area contributed by atoms with E-state index in [1.54, 1.807) is 24.4 Å². The van der Waals surface area contributed by atoms with Crippen molar-refractivity contribution >= 4 is 29.1 Å². The van der Waals surface area contributed by atoms with Gasteiger partial charge in [0.25, 0.3) is 5.91 Å². The van der Waals surface area contributed by atoms with Crippen LogP contribution in [0.15, 0.2) is 30.5 Å². The number of carbonyl (C=O) groups excluding carboxylic acids is 1. The van der Waals surface area contributed by atoms with Crippen LogP contribution >= 0.6 is 23.2 Å². The van der Waals surface area contributed by atoms with Crippen molar-refractivity contribution in [2.75, 3.05) is 0 Å². The van der Waals surface area contributed by atoms with Crippen molar-refractivity contribution in [2.45, 2.75) is 0 Å². The van der Waals surface area contributed by atoms with Gasteiger partial charge in [-0.15, -0.1) is 0 Å². The summed E-state index contributed by atoms with van der Waals surface area (Å²) in [5, 5.41) is 4.97. The molecule has 0 unspecified atom stereocenters. The summed E-state index contributed by atoms with van der Waals surface area (Å²) in [5.74, 6) is -0.580. The van der Waals surface area contributed by atoms with Crippen LogP contribution < -0.4 is 5.73 Å². The van der Waals surface area contributed by atoms with Gasteiger partial charge in [0.05, 0.1) is 10.7 Å². The van der Waals surface area contributed by atoms with Crippen molar-refractivity contribution in [3.63, 3.8) is 0 Å². The second kappa shape index (κ2) is 4.15. The minimum absolute atomic E-state index is 0.186. The van der Waals surface area contributed by atoms with Crippen molar-refractivity contribution in [1.82, 2.24) is 9.78 Å². The van der Waals surface area contributed by atoms with Gasteiger partial charge in [0.15, 0.2) is 0 Å². The Labute approximate surface area is 102 Å². The van der Waals surface area contributed by atoms with Crippen LogP contribution in [0.1, 0.15) is 10.5 Å². The lowest BCUT2D eigenvalue weighted by atomic mass is 10.3. The molecule has 1 aromatic heterocycles. The lowest BCUT2D eigenvalue weighted by Crippen LogP contribution is -2.12. The minimum atomic E-state index is -0.580. The van der Waals surface area contributed by atoms with Crippen LogP contribution in [0.3, 0.4) is 0 Å². The number of primary amides is 1. The van der Waals surface area contributed by atoms with Gasteiger partial charge >= 0.3 is 0 Å². The summed E-state index contributed by atoms with van der Waals surface area (Å²) >= 11 is 11.8. The van der Waals surface area contributed by atoms with Gasteiger partial charge in [-0.05, 0) is 24.3 Å². The molecule has 2 rings (SSSR count). The van der Waals surface area contributed by atoms with Crippen molar-refractivity contribution in [1.29, 1.82) is 0 Å². The number of halogens is 2. The number of aromatic nitrogens is 2. The fourth-order valence-corrected chi connectivity index (χ4v) is 1.75. The van der Waals surface area contributed by atoms with E-state index in [1.807, 2.05) is 0 Å². The molecule has 82 valence electrons. The summed E-state index contributed by atoms with van der Waals surface area (Å²) in [5.41, 5.74) is 5.92. The first-order chi connectivity index (χ1) is 7.58. The molecule has 0 fully saturated rings. The van der Waals surface area contributed by atoms with Crippen LogP contribution in [0.4, 0.5) is 0 Å². The van der Waals surface area contributed by atoms with E-state index >= 15 is 0 Å². The van der Waals surface area contributed by atoms with E-state index in [1.165, 1.54) is 10.7 Å². The molecule has 0 atom stereocenters. The number of benzene rings is 1. The Hall–Kier alpha value is -1.52. The molecule has 0 aliphatic heterocycles. The first-order valence-electron chi connectivity index (χ1n) is 4.39. The molecule has 0 aliphatic carbocycles. The average Bonchev–Trinajstić information content (AvgIpc) is 2.66. The van der Waals surface area contributed by atoms with E-state index in [0.29, 0.717) is 15.7 Å². The molecule has 16 heavy (non-hydrogen) atoms. The second-order valence-corrected chi connectivity index (χ2v) is 3.95. The molecule has 0 aliphatic rings. The zero-order valence-corrected chi connectivity index (χ0v) is 9.53. The van der Waals surface area contributed by atoms with Crippen molar-refractivity contribution in [3.8, 4) is 5.69 Å². The van der Waals surface area contributed by atoms with Gasteiger partial charge in [0.2, 0.25) is 0 Å². The van der Waals surface area contributed by atoms with Gasteiger partial charge in [0.1, 0.15) is 5.69 Å². The van der Waals surface area contributed by atoms with E-state index in [2.05, 4.69) is 5.10 Å². The molecular formula is C10H7Cl2N3O. The van der Waals surface area contributed by atoms with E-state index < -0.39 is 5.91 Å². The third-order valence-electron chi connectivity index (χ3n) is 2.00. The number of hydrogen-bond acceptors (Lipinski definition) is 2. The number of rotatable bonds is 2. The van der Waals surface area contributed by atoms with Gasteiger partial charge in [-0.25, -0.2) is 4.68 Å². The molecule has 2 N–H and O–H groups in total.